The van der Waals surface area contributed by atoms with Gasteiger partial charge in [-0.15, -0.1) is 0 Å². The summed E-state index contributed by atoms with van der Waals surface area (Å²) in [6.07, 6.45) is 9.70. The number of fused-ring (bicyclic) bond motifs is 1. The summed E-state index contributed by atoms with van der Waals surface area (Å²) in [5, 5.41) is 4.52. The van der Waals surface area contributed by atoms with Crippen molar-refractivity contribution in [3.05, 3.63) is 57.8 Å². The molecule has 2 aromatic rings. The molecule has 1 unspecified atom stereocenters. The lowest BCUT2D eigenvalue weighted by Crippen LogP contribution is -2.47. The second-order valence-corrected chi connectivity index (χ2v) is 8.02. The SMILES string of the molecule is CN1CCN(CCc2cnn3c2CCC=C3)C(c2ccc(Br)cc2)C1. The highest BCUT2D eigenvalue weighted by Crippen LogP contribution is 2.27. The van der Waals surface area contributed by atoms with Crippen LogP contribution in [-0.4, -0.2) is 52.8 Å². The molecule has 2 aliphatic rings. The van der Waals surface area contributed by atoms with Crippen LogP contribution in [0.3, 0.4) is 0 Å². The molecule has 25 heavy (non-hydrogen) atoms. The Morgan fingerprint density at radius 1 is 1.20 bits per heavy atom. The van der Waals surface area contributed by atoms with Crippen molar-refractivity contribution in [3.63, 3.8) is 0 Å². The average Bonchev–Trinajstić information content (AvgIpc) is 3.05. The molecule has 0 amide bonds. The van der Waals surface area contributed by atoms with E-state index in [4.69, 9.17) is 0 Å². The first-order valence-electron chi connectivity index (χ1n) is 9.10. The standard InChI is InChI=1S/C20H25BrN4/c1-23-12-13-24(20(15-23)16-5-7-18(21)8-6-16)11-9-17-14-22-25-10-3-2-4-19(17)25/h3,5-8,10,14,20H,2,4,9,11-13,15H2,1H3. The van der Waals surface area contributed by atoms with Crippen molar-refractivity contribution < 1.29 is 0 Å². The summed E-state index contributed by atoms with van der Waals surface area (Å²) in [7, 11) is 2.23. The van der Waals surface area contributed by atoms with Crippen LogP contribution >= 0.6 is 15.9 Å². The number of benzene rings is 1. The molecule has 1 saturated heterocycles. The molecule has 4 rings (SSSR count). The molecule has 5 heteroatoms. The van der Waals surface area contributed by atoms with Gasteiger partial charge in [0.25, 0.3) is 0 Å². The lowest BCUT2D eigenvalue weighted by Gasteiger charge is -2.40. The molecule has 0 radical (unpaired) electrons. The third-order valence-electron chi connectivity index (χ3n) is 5.40. The van der Waals surface area contributed by atoms with Crippen LogP contribution in [0.5, 0.6) is 0 Å². The topological polar surface area (TPSA) is 24.3 Å². The number of aromatic nitrogens is 2. The minimum atomic E-state index is 0.471. The Labute approximate surface area is 158 Å². The molecule has 2 aliphatic heterocycles. The number of allylic oxidation sites excluding steroid dienone is 1. The summed E-state index contributed by atoms with van der Waals surface area (Å²) in [6, 6.07) is 9.30. The molecule has 0 spiro atoms. The third-order valence-corrected chi connectivity index (χ3v) is 5.93. The van der Waals surface area contributed by atoms with Crippen molar-refractivity contribution in [1.82, 2.24) is 19.6 Å². The number of halogens is 1. The first-order chi connectivity index (χ1) is 12.2. The normalized spacial score (nSPS) is 21.4. The number of piperazine rings is 1. The summed E-state index contributed by atoms with van der Waals surface area (Å²) in [5.41, 5.74) is 4.23. The van der Waals surface area contributed by atoms with Crippen molar-refractivity contribution in [1.29, 1.82) is 0 Å². The van der Waals surface area contributed by atoms with Crippen molar-refractivity contribution in [2.24, 2.45) is 0 Å². The van der Waals surface area contributed by atoms with Crippen LogP contribution in [0.25, 0.3) is 6.20 Å². The van der Waals surface area contributed by atoms with E-state index in [1.54, 1.807) is 0 Å². The van der Waals surface area contributed by atoms with Gasteiger partial charge in [0.15, 0.2) is 0 Å². The number of hydrogen-bond donors (Lipinski definition) is 0. The highest BCUT2D eigenvalue weighted by Gasteiger charge is 2.26. The van der Waals surface area contributed by atoms with Crippen molar-refractivity contribution in [3.8, 4) is 0 Å². The van der Waals surface area contributed by atoms with Crippen molar-refractivity contribution in [2.45, 2.75) is 25.3 Å². The summed E-state index contributed by atoms with van der Waals surface area (Å²) in [6.45, 7) is 4.45. The van der Waals surface area contributed by atoms with E-state index in [0.717, 1.165) is 49.9 Å². The monoisotopic (exact) mass is 400 g/mol. The van der Waals surface area contributed by atoms with Gasteiger partial charge < -0.3 is 4.90 Å². The van der Waals surface area contributed by atoms with Gasteiger partial charge in [-0.3, -0.25) is 4.90 Å². The number of likely N-dealkylation sites (N-methyl/N-ethyl adjacent to an activating group) is 1. The minimum absolute atomic E-state index is 0.471. The maximum Gasteiger partial charge on any atom is 0.0529 e. The van der Waals surface area contributed by atoms with Gasteiger partial charge in [0.2, 0.25) is 0 Å². The Morgan fingerprint density at radius 2 is 2.04 bits per heavy atom. The third kappa shape index (κ3) is 3.73. The molecular weight excluding hydrogens is 376 g/mol. The van der Waals surface area contributed by atoms with Gasteiger partial charge in [-0.05, 0) is 49.6 Å². The van der Waals surface area contributed by atoms with E-state index in [9.17, 15) is 0 Å². The first-order valence-corrected chi connectivity index (χ1v) is 9.90. The van der Waals surface area contributed by atoms with Crippen LogP contribution in [0.2, 0.25) is 0 Å². The van der Waals surface area contributed by atoms with Crippen molar-refractivity contribution in [2.75, 3.05) is 33.2 Å². The average molecular weight is 401 g/mol. The quantitative estimate of drug-likeness (QED) is 0.783. The zero-order valence-electron chi connectivity index (χ0n) is 14.7. The van der Waals surface area contributed by atoms with Gasteiger partial charge >= 0.3 is 0 Å². The van der Waals surface area contributed by atoms with E-state index in [1.807, 2.05) is 0 Å². The second kappa shape index (κ2) is 7.44. The fourth-order valence-corrected chi connectivity index (χ4v) is 4.18. The van der Waals surface area contributed by atoms with Gasteiger partial charge in [-0.2, -0.15) is 5.10 Å². The molecule has 1 atom stereocenters. The van der Waals surface area contributed by atoms with Gasteiger partial charge in [-0.25, -0.2) is 4.68 Å². The number of rotatable bonds is 4. The van der Waals surface area contributed by atoms with E-state index in [2.05, 4.69) is 85.3 Å². The summed E-state index contributed by atoms with van der Waals surface area (Å²) >= 11 is 3.55. The fourth-order valence-electron chi connectivity index (χ4n) is 3.92. The Hall–Kier alpha value is -1.43. The smallest absolute Gasteiger partial charge is 0.0529 e. The van der Waals surface area contributed by atoms with Crippen LogP contribution in [0.1, 0.15) is 29.3 Å². The van der Waals surface area contributed by atoms with E-state index in [-0.39, 0.29) is 0 Å². The fraction of sp³-hybridized carbons (Fsp3) is 0.450. The zero-order valence-corrected chi connectivity index (χ0v) is 16.3. The highest BCUT2D eigenvalue weighted by molar-refractivity contribution is 9.10. The Bertz CT molecular complexity index is 750. The minimum Gasteiger partial charge on any atom is -0.303 e. The molecule has 3 heterocycles. The van der Waals surface area contributed by atoms with E-state index in [1.165, 1.54) is 16.8 Å². The molecule has 132 valence electrons. The first kappa shape index (κ1) is 17.0. The van der Waals surface area contributed by atoms with Crippen LogP contribution < -0.4 is 0 Å². The molecule has 1 aromatic carbocycles. The van der Waals surface area contributed by atoms with Gasteiger partial charge in [0, 0.05) is 48.6 Å². The van der Waals surface area contributed by atoms with E-state index >= 15 is 0 Å². The molecule has 0 N–H and O–H groups in total. The number of hydrogen-bond acceptors (Lipinski definition) is 3. The predicted octanol–water partition coefficient (Wildman–Crippen LogP) is 3.59. The molecule has 1 fully saturated rings. The van der Waals surface area contributed by atoms with E-state index < -0.39 is 0 Å². The Kier molecular flexibility index (Phi) is 5.06. The molecule has 0 saturated carbocycles. The lowest BCUT2D eigenvalue weighted by atomic mass is 10.0. The number of nitrogens with zero attached hydrogens (tertiary/aromatic N) is 4. The maximum absolute atomic E-state index is 4.52. The predicted molar refractivity (Wildman–Crippen MR) is 106 cm³/mol. The maximum atomic E-state index is 4.52. The van der Waals surface area contributed by atoms with Gasteiger partial charge in [0.05, 0.1) is 6.20 Å². The summed E-state index contributed by atoms with van der Waals surface area (Å²) < 4.78 is 3.20. The molecule has 0 bridgehead atoms. The second-order valence-electron chi connectivity index (χ2n) is 7.10. The van der Waals surface area contributed by atoms with Gasteiger partial charge in [-0.1, -0.05) is 34.1 Å². The van der Waals surface area contributed by atoms with E-state index in [0.29, 0.717) is 6.04 Å². The Morgan fingerprint density at radius 3 is 2.88 bits per heavy atom. The van der Waals surface area contributed by atoms with Crippen LogP contribution in [0.15, 0.2) is 41.0 Å². The lowest BCUT2D eigenvalue weighted by molar-refractivity contribution is 0.0909. The largest absolute Gasteiger partial charge is 0.303 e. The van der Waals surface area contributed by atoms with Gasteiger partial charge in [0.1, 0.15) is 0 Å². The van der Waals surface area contributed by atoms with Crippen LogP contribution in [0, 0.1) is 0 Å². The zero-order chi connectivity index (χ0) is 17.2. The molecule has 1 aromatic heterocycles. The van der Waals surface area contributed by atoms with Crippen molar-refractivity contribution >= 4 is 22.1 Å². The van der Waals surface area contributed by atoms with Crippen LogP contribution in [-0.2, 0) is 12.8 Å². The summed E-state index contributed by atoms with van der Waals surface area (Å²) in [4.78, 5) is 5.09. The van der Waals surface area contributed by atoms with Crippen LogP contribution in [0.4, 0.5) is 0 Å². The molecule has 4 nitrogen and oxygen atoms in total. The highest BCUT2D eigenvalue weighted by atomic mass is 79.9. The molecule has 0 aliphatic carbocycles. The molecular formula is C20H25BrN4. The Balaban J connectivity index is 1.48. The summed E-state index contributed by atoms with van der Waals surface area (Å²) in [5.74, 6) is 0.